The summed E-state index contributed by atoms with van der Waals surface area (Å²) in [4.78, 5) is 11.5. The third-order valence-electron chi connectivity index (χ3n) is 10.7. The summed E-state index contributed by atoms with van der Waals surface area (Å²) in [5, 5.41) is 0. The molecule has 9 atom stereocenters. The van der Waals surface area contributed by atoms with Gasteiger partial charge in [0.15, 0.2) is 0 Å². The molecule has 0 spiro atoms. The van der Waals surface area contributed by atoms with Crippen molar-refractivity contribution in [3.05, 3.63) is 12.2 Å². The van der Waals surface area contributed by atoms with Crippen LogP contribution in [0.4, 0.5) is 0 Å². The Labute approximate surface area is 192 Å². The van der Waals surface area contributed by atoms with Crippen LogP contribution in [-0.4, -0.2) is 12.1 Å². The number of fused-ring (bicyclic) bond motifs is 5. The zero-order valence-corrected chi connectivity index (χ0v) is 21.2. The maximum atomic E-state index is 11.5. The van der Waals surface area contributed by atoms with Crippen molar-refractivity contribution in [3.8, 4) is 0 Å². The SMILES string of the molecule is CC(=O)O[C@H]1CC[C@@]2(C)[C@@H](CC[C@@H]3[C@@H]2CC[C@@]2(C)[C@@H]([C@@H](C)/C=C\CC(C)C)CC[C@@H]32)C1. The van der Waals surface area contributed by atoms with Crippen molar-refractivity contribution < 1.29 is 9.53 Å². The first-order chi connectivity index (χ1) is 14.6. The van der Waals surface area contributed by atoms with Crippen molar-refractivity contribution in [2.75, 3.05) is 0 Å². The number of ether oxygens (including phenoxy) is 1. The Balaban J connectivity index is 1.46. The van der Waals surface area contributed by atoms with Crippen molar-refractivity contribution in [3.63, 3.8) is 0 Å². The minimum absolute atomic E-state index is 0.0933. The zero-order chi connectivity index (χ0) is 22.4. The summed E-state index contributed by atoms with van der Waals surface area (Å²) in [6.45, 7) is 14.0. The molecule has 4 aliphatic carbocycles. The van der Waals surface area contributed by atoms with E-state index in [0.29, 0.717) is 10.8 Å². The Morgan fingerprint density at radius 3 is 2.39 bits per heavy atom. The molecule has 4 rings (SSSR count). The highest BCUT2D eigenvalue weighted by molar-refractivity contribution is 5.66. The second-order valence-electron chi connectivity index (χ2n) is 12.8. The molecule has 4 fully saturated rings. The molecule has 31 heavy (non-hydrogen) atoms. The molecule has 176 valence electrons. The zero-order valence-electron chi connectivity index (χ0n) is 21.2. The molecule has 2 heteroatoms. The van der Waals surface area contributed by atoms with Gasteiger partial charge in [-0.2, -0.15) is 0 Å². The number of esters is 1. The molecule has 0 aromatic carbocycles. The molecule has 0 bridgehead atoms. The molecule has 2 nitrogen and oxygen atoms in total. The second kappa shape index (κ2) is 8.86. The van der Waals surface area contributed by atoms with E-state index < -0.39 is 0 Å². The first kappa shape index (κ1) is 23.4. The third-order valence-corrected chi connectivity index (χ3v) is 10.7. The van der Waals surface area contributed by atoms with E-state index >= 15 is 0 Å². The highest BCUT2D eigenvalue weighted by atomic mass is 16.5. The Morgan fingerprint density at radius 1 is 0.968 bits per heavy atom. The van der Waals surface area contributed by atoms with E-state index in [-0.39, 0.29) is 12.1 Å². The van der Waals surface area contributed by atoms with Crippen molar-refractivity contribution >= 4 is 5.97 Å². The Hall–Kier alpha value is -0.790. The van der Waals surface area contributed by atoms with Crippen LogP contribution in [0.25, 0.3) is 0 Å². The van der Waals surface area contributed by atoms with Gasteiger partial charge in [-0.05, 0) is 116 Å². The number of hydrogen-bond acceptors (Lipinski definition) is 2. The predicted molar refractivity (Wildman–Crippen MR) is 129 cm³/mol. The maximum Gasteiger partial charge on any atom is 0.302 e. The molecule has 0 heterocycles. The van der Waals surface area contributed by atoms with E-state index in [4.69, 9.17) is 4.74 Å². The summed E-state index contributed by atoms with van der Waals surface area (Å²) in [5.41, 5.74) is 1.02. The van der Waals surface area contributed by atoms with Gasteiger partial charge in [0.25, 0.3) is 0 Å². The van der Waals surface area contributed by atoms with Crippen LogP contribution in [0.3, 0.4) is 0 Å². The van der Waals surface area contributed by atoms with E-state index in [1.54, 1.807) is 6.92 Å². The fraction of sp³-hybridized carbons (Fsp3) is 0.897. The number of carbonyl (C=O) groups is 1. The van der Waals surface area contributed by atoms with Crippen molar-refractivity contribution in [2.24, 2.45) is 52.3 Å². The molecular weight excluding hydrogens is 380 g/mol. The summed E-state index contributed by atoms with van der Waals surface area (Å²) < 4.78 is 5.65. The minimum atomic E-state index is -0.0933. The van der Waals surface area contributed by atoms with Gasteiger partial charge in [-0.3, -0.25) is 4.79 Å². The van der Waals surface area contributed by atoms with Gasteiger partial charge < -0.3 is 4.74 Å². The first-order valence-corrected chi connectivity index (χ1v) is 13.5. The number of hydrogen-bond donors (Lipinski definition) is 0. The molecule has 4 saturated carbocycles. The lowest BCUT2D eigenvalue weighted by Gasteiger charge is -2.61. The van der Waals surface area contributed by atoms with Gasteiger partial charge in [0.2, 0.25) is 0 Å². The van der Waals surface area contributed by atoms with Gasteiger partial charge in [-0.1, -0.05) is 46.8 Å². The van der Waals surface area contributed by atoms with Crippen LogP contribution in [0, 0.1) is 52.3 Å². The van der Waals surface area contributed by atoms with Crippen molar-refractivity contribution in [1.29, 1.82) is 0 Å². The van der Waals surface area contributed by atoms with E-state index in [0.717, 1.165) is 54.3 Å². The molecular formula is C29H48O2. The number of rotatable bonds is 5. The van der Waals surface area contributed by atoms with Gasteiger partial charge in [0.1, 0.15) is 6.10 Å². The summed E-state index contributed by atoms with van der Waals surface area (Å²) in [6.07, 6.45) is 18.4. The average molecular weight is 429 g/mol. The molecule has 0 radical (unpaired) electrons. The van der Waals surface area contributed by atoms with Gasteiger partial charge >= 0.3 is 5.97 Å². The minimum Gasteiger partial charge on any atom is -0.463 e. The summed E-state index contributed by atoms with van der Waals surface area (Å²) in [6, 6.07) is 0. The third kappa shape index (κ3) is 4.26. The van der Waals surface area contributed by atoms with Crippen LogP contribution in [0.5, 0.6) is 0 Å². The van der Waals surface area contributed by atoms with Crippen LogP contribution in [0.1, 0.15) is 106 Å². The van der Waals surface area contributed by atoms with E-state index in [9.17, 15) is 4.79 Å². The van der Waals surface area contributed by atoms with Gasteiger partial charge in [-0.25, -0.2) is 0 Å². The Morgan fingerprint density at radius 2 is 1.68 bits per heavy atom. The lowest BCUT2D eigenvalue weighted by atomic mass is 9.44. The maximum absolute atomic E-state index is 11.5. The van der Waals surface area contributed by atoms with Crippen LogP contribution < -0.4 is 0 Å². The summed E-state index contributed by atoms with van der Waals surface area (Å²) in [5.74, 6) is 5.77. The summed E-state index contributed by atoms with van der Waals surface area (Å²) >= 11 is 0. The smallest absolute Gasteiger partial charge is 0.302 e. The summed E-state index contributed by atoms with van der Waals surface area (Å²) in [7, 11) is 0. The second-order valence-corrected chi connectivity index (χ2v) is 12.8. The van der Waals surface area contributed by atoms with Crippen molar-refractivity contribution in [2.45, 2.75) is 112 Å². The average Bonchev–Trinajstić information content (AvgIpc) is 3.05. The normalized spacial score (nSPS) is 45.8. The fourth-order valence-corrected chi connectivity index (χ4v) is 9.16. The highest BCUT2D eigenvalue weighted by Crippen LogP contribution is 2.68. The Kier molecular flexibility index (Phi) is 6.68. The molecule has 0 amide bonds. The van der Waals surface area contributed by atoms with Crippen LogP contribution >= 0.6 is 0 Å². The van der Waals surface area contributed by atoms with E-state index in [1.807, 2.05) is 0 Å². The van der Waals surface area contributed by atoms with Gasteiger partial charge in [-0.15, -0.1) is 0 Å². The van der Waals surface area contributed by atoms with E-state index in [2.05, 4.69) is 46.8 Å². The molecule has 0 aromatic heterocycles. The standard InChI is InChI=1S/C29H48O2/c1-19(2)8-7-9-20(3)25-12-13-26-24-11-10-22-18-23(31-21(4)30)14-16-28(22,5)27(24)15-17-29(25,26)6/h7,9,19-20,22-27H,8,10-18H2,1-6H3/b9-7-/t20-,22-,23-,24-,25+,26-,27-,28-,29-/m0/s1. The lowest BCUT2D eigenvalue weighted by Crippen LogP contribution is -2.54. The predicted octanol–water partition coefficient (Wildman–Crippen LogP) is 7.82. The van der Waals surface area contributed by atoms with Crippen molar-refractivity contribution in [1.82, 2.24) is 0 Å². The topological polar surface area (TPSA) is 26.3 Å². The van der Waals surface area contributed by atoms with E-state index in [1.165, 1.54) is 51.4 Å². The molecule has 0 aliphatic heterocycles. The quantitative estimate of drug-likeness (QED) is 0.329. The molecule has 0 unspecified atom stereocenters. The number of allylic oxidation sites excluding steroid dienone is 2. The van der Waals surface area contributed by atoms with Crippen LogP contribution in [0.15, 0.2) is 12.2 Å². The fourth-order valence-electron chi connectivity index (χ4n) is 9.16. The molecule has 4 aliphatic rings. The monoisotopic (exact) mass is 428 g/mol. The lowest BCUT2D eigenvalue weighted by molar-refractivity contribution is -0.160. The number of carbonyl (C=O) groups excluding carboxylic acids is 1. The van der Waals surface area contributed by atoms with Crippen LogP contribution in [-0.2, 0) is 9.53 Å². The molecule has 0 aromatic rings. The molecule has 0 saturated heterocycles. The molecule has 0 N–H and O–H groups in total. The Bertz CT molecular complexity index is 680. The van der Waals surface area contributed by atoms with Gasteiger partial charge in [0, 0.05) is 6.92 Å². The van der Waals surface area contributed by atoms with Gasteiger partial charge in [0.05, 0.1) is 0 Å². The van der Waals surface area contributed by atoms with Crippen LogP contribution in [0.2, 0.25) is 0 Å². The highest BCUT2D eigenvalue weighted by Gasteiger charge is 2.60. The largest absolute Gasteiger partial charge is 0.463 e. The first-order valence-electron chi connectivity index (χ1n) is 13.5.